The number of benzene rings is 1. The fourth-order valence-corrected chi connectivity index (χ4v) is 2.88. The molecule has 1 saturated carbocycles. The molecule has 21 heavy (non-hydrogen) atoms. The summed E-state index contributed by atoms with van der Waals surface area (Å²) in [7, 11) is 0. The van der Waals surface area contributed by atoms with E-state index in [-0.39, 0.29) is 18.4 Å². The van der Waals surface area contributed by atoms with Gasteiger partial charge in [0.25, 0.3) is 0 Å². The summed E-state index contributed by atoms with van der Waals surface area (Å²) in [5.41, 5.74) is 7.37. The zero-order valence-electron chi connectivity index (χ0n) is 12.1. The predicted molar refractivity (Wildman–Crippen MR) is 84.4 cm³/mol. The van der Waals surface area contributed by atoms with Crippen molar-refractivity contribution in [2.75, 3.05) is 0 Å². The van der Waals surface area contributed by atoms with Gasteiger partial charge in [-0.25, -0.2) is 0 Å². The SMILES string of the molecule is Cl.NC(Cc1ccccc1)c1nc(C2CCCCC2)no1. The molecule has 1 aromatic heterocycles. The molecule has 4 nitrogen and oxygen atoms in total. The molecule has 0 radical (unpaired) electrons. The van der Waals surface area contributed by atoms with E-state index in [9.17, 15) is 0 Å². The lowest BCUT2D eigenvalue weighted by Crippen LogP contribution is -2.14. The van der Waals surface area contributed by atoms with Crippen molar-refractivity contribution in [1.82, 2.24) is 10.1 Å². The maximum absolute atomic E-state index is 6.17. The van der Waals surface area contributed by atoms with Crippen LogP contribution in [0.5, 0.6) is 0 Å². The van der Waals surface area contributed by atoms with Gasteiger partial charge in [-0.15, -0.1) is 12.4 Å². The molecule has 0 amide bonds. The van der Waals surface area contributed by atoms with Crippen LogP contribution in [0.4, 0.5) is 0 Å². The van der Waals surface area contributed by atoms with Gasteiger partial charge in [-0.2, -0.15) is 4.98 Å². The maximum atomic E-state index is 6.17. The van der Waals surface area contributed by atoms with Crippen LogP contribution in [-0.4, -0.2) is 10.1 Å². The van der Waals surface area contributed by atoms with Crippen LogP contribution < -0.4 is 5.73 Å². The monoisotopic (exact) mass is 307 g/mol. The third-order valence-electron chi connectivity index (χ3n) is 4.04. The van der Waals surface area contributed by atoms with Gasteiger partial charge in [-0.1, -0.05) is 54.8 Å². The fourth-order valence-electron chi connectivity index (χ4n) is 2.88. The second kappa shape index (κ2) is 7.57. The minimum atomic E-state index is -0.220. The smallest absolute Gasteiger partial charge is 0.243 e. The normalized spacial score (nSPS) is 17.2. The molecule has 1 aliphatic rings. The van der Waals surface area contributed by atoms with Crippen LogP contribution in [0.2, 0.25) is 0 Å². The first-order valence-electron chi connectivity index (χ1n) is 7.46. The molecule has 2 aromatic rings. The summed E-state index contributed by atoms with van der Waals surface area (Å²) in [5, 5.41) is 4.14. The van der Waals surface area contributed by atoms with E-state index in [1.165, 1.54) is 37.7 Å². The van der Waals surface area contributed by atoms with Crippen LogP contribution in [0.25, 0.3) is 0 Å². The lowest BCUT2D eigenvalue weighted by Gasteiger charge is -2.17. The number of halogens is 1. The van der Waals surface area contributed by atoms with Gasteiger partial charge in [-0.05, 0) is 24.8 Å². The summed E-state index contributed by atoms with van der Waals surface area (Å²) in [5.74, 6) is 1.88. The van der Waals surface area contributed by atoms with Crippen molar-refractivity contribution >= 4 is 12.4 Å². The molecule has 1 heterocycles. The van der Waals surface area contributed by atoms with Crippen molar-refractivity contribution in [3.8, 4) is 0 Å². The predicted octanol–water partition coefficient (Wildman–Crippen LogP) is 3.78. The number of rotatable bonds is 4. The Morgan fingerprint density at radius 3 is 2.57 bits per heavy atom. The standard InChI is InChI=1S/C16H21N3O.ClH/c17-14(11-12-7-3-1-4-8-12)16-18-15(19-20-16)13-9-5-2-6-10-13;/h1,3-4,7-8,13-14H,2,5-6,9-11,17H2;1H. The molecular formula is C16H22ClN3O. The van der Waals surface area contributed by atoms with Crippen molar-refractivity contribution in [1.29, 1.82) is 0 Å². The van der Waals surface area contributed by atoms with E-state index in [1.807, 2.05) is 18.2 Å². The summed E-state index contributed by atoms with van der Waals surface area (Å²) in [6.07, 6.45) is 6.94. The molecule has 1 aromatic carbocycles. The molecule has 5 heteroatoms. The molecule has 1 atom stereocenters. The first-order valence-corrected chi connectivity index (χ1v) is 7.46. The molecular weight excluding hydrogens is 286 g/mol. The average Bonchev–Trinajstić information content (AvgIpc) is 2.99. The molecule has 0 bridgehead atoms. The van der Waals surface area contributed by atoms with Gasteiger partial charge in [0.2, 0.25) is 5.89 Å². The van der Waals surface area contributed by atoms with E-state index in [0.29, 0.717) is 11.8 Å². The number of nitrogens with zero attached hydrogens (tertiary/aromatic N) is 2. The van der Waals surface area contributed by atoms with Crippen LogP contribution in [0.1, 0.15) is 61.3 Å². The van der Waals surface area contributed by atoms with Gasteiger partial charge in [0.15, 0.2) is 5.82 Å². The van der Waals surface area contributed by atoms with E-state index in [2.05, 4.69) is 22.3 Å². The quantitative estimate of drug-likeness (QED) is 0.933. The highest BCUT2D eigenvalue weighted by Crippen LogP contribution is 2.31. The van der Waals surface area contributed by atoms with Gasteiger partial charge >= 0.3 is 0 Å². The van der Waals surface area contributed by atoms with Crippen LogP contribution in [0.3, 0.4) is 0 Å². The molecule has 114 valence electrons. The van der Waals surface area contributed by atoms with Gasteiger partial charge in [-0.3, -0.25) is 0 Å². The van der Waals surface area contributed by atoms with Crippen LogP contribution in [0, 0.1) is 0 Å². The minimum Gasteiger partial charge on any atom is -0.338 e. The molecule has 1 aliphatic carbocycles. The molecule has 0 spiro atoms. The number of aromatic nitrogens is 2. The summed E-state index contributed by atoms with van der Waals surface area (Å²) in [4.78, 5) is 4.53. The zero-order chi connectivity index (χ0) is 13.8. The van der Waals surface area contributed by atoms with E-state index >= 15 is 0 Å². The Kier molecular flexibility index (Phi) is 5.76. The van der Waals surface area contributed by atoms with Crippen LogP contribution in [0.15, 0.2) is 34.9 Å². The first-order chi connectivity index (χ1) is 9.83. The fraction of sp³-hybridized carbons (Fsp3) is 0.500. The summed E-state index contributed by atoms with van der Waals surface area (Å²) < 4.78 is 5.37. The Hall–Kier alpha value is -1.39. The highest BCUT2D eigenvalue weighted by atomic mass is 35.5. The van der Waals surface area contributed by atoms with Crippen molar-refractivity contribution < 1.29 is 4.52 Å². The van der Waals surface area contributed by atoms with Crippen LogP contribution in [-0.2, 0) is 6.42 Å². The highest BCUT2D eigenvalue weighted by molar-refractivity contribution is 5.85. The highest BCUT2D eigenvalue weighted by Gasteiger charge is 2.22. The molecule has 0 aliphatic heterocycles. The Labute approximate surface area is 131 Å². The molecule has 1 fully saturated rings. The summed E-state index contributed by atoms with van der Waals surface area (Å²) in [6, 6.07) is 9.95. The Bertz CT molecular complexity index is 537. The maximum Gasteiger partial charge on any atom is 0.243 e. The minimum absolute atomic E-state index is 0. The summed E-state index contributed by atoms with van der Waals surface area (Å²) in [6.45, 7) is 0. The van der Waals surface area contributed by atoms with E-state index in [4.69, 9.17) is 10.3 Å². The van der Waals surface area contributed by atoms with E-state index in [0.717, 1.165) is 12.2 Å². The Morgan fingerprint density at radius 1 is 1.14 bits per heavy atom. The Balaban J connectivity index is 0.00000161. The lowest BCUT2D eigenvalue weighted by atomic mass is 9.89. The average molecular weight is 308 g/mol. The zero-order valence-corrected chi connectivity index (χ0v) is 12.9. The van der Waals surface area contributed by atoms with Crippen LogP contribution >= 0.6 is 12.4 Å². The van der Waals surface area contributed by atoms with Crippen molar-refractivity contribution in [2.24, 2.45) is 5.73 Å². The first kappa shape index (κ1) is 16.0. The Morgan fingerprint density at radius 2 is 1.86 bits per heavy atom. The summed E-state index contributed by atoms with van der Waals surface area (Å²) >= 11 is 0. The number of nitrogens with two attached hydrogens (primary N) is 1. The number of hydrogen-bond donors (Lipinski definition) is 1. The number of hydrogen-bond acceptors (Lipinski definition) is 4. The van der Waals surface area contributed by atoms with Gasteiger partial charge in [0, 0.05) is 5.92 Å². The van der Waals surface area contributed by atoms with E-state index in [1.54, 1.807) is 0 Å². The van der Waals surface area contributed by atoms with E-state index < -0.39 is 0 Å². The second-order valence-electron chi connectivity index (χ2n) is 5.62. The van der Waals surface area contributed by atoms with Gasteiger partial charge in [0.05, 0.1) is 6.04 Å². The topological polar surface area (TPSA) is 64.9 Å². The third kappa shape index (κ3) is 4.05. The molecule has 2 N–H and O–H groups in total. The molecule has 3 rings (SSSR count). The van der Waals surface area contributed by atoms with Gasteiger partial charge < -0.3 is 10.3 Å². The van der Waals surface area contributed by atoms with Crippen molar-refractivity contribution in [2.45, 2.75) is 50.5 Å². The van der Waals surface area contributed by atoms with Crippen molar-refractivity contribution in [3.63, 3.8) is 0 Å². The van der Waals surface area contributed by atoms with Crippen molar-refractivity contribution in [3.05, 3.63) is 47.6 Å². The molecule has 1 unspecified atom stereocenters. The molecule has 0 saturated heterocycles. The lowest BCUT2D eigenvalue weighted by molar-refractivity contribution is 0.341. The van der Waals surface area contributed by atoms with Gasteiger partial charge in [0.1, 0.15) is 0 Å². The third-order valence-corrected chi connectivity index (χ3v) is 4.04. The second-order valence-corrected chi connectivity index (χ2v) is 5.62. The largest absolute Gasteiger partial charge is 0.338 e.